The van der Waals surface area contributed by atoms with E-state index in [-0.39, 0.29) is 43.5 Å². The van der Waals surface area contributed by atoms with Crippen molar-refractivity contribution in [2.45, 2.75) is 50.8 Å². The summed E-state index contributed by atoms with van der Waals surface area (Å²) in [7, 11) is -2.36. The number of esters is 1. The number of hydrogen-bond donors (Lipinski definition) is 1. The number of fused-ring (bicyclic) bond motifs is 1. The Kier molecular flexibility index (Phi) is 15.1. The van der Waals surface area contributed by atoms with Gasteiger partial charge in [0, 0.05) is 12.6 Å². The first kappa shape index (κ1) is 45.2. The van der Waals surface area contributed by atoms with E-state index in [1.165, 1.54) is 29.8 Å². The van der Waals surface area contributed by atoms with Gasteiger partial charge in [0.15, 0.2) is 5.82 Å². The van der Waals surface area contributed by atoms with Crippen LogP contribution in [0.25, 0.3) is 32.0 Å². The van der Waals surface area contributed by atoms with E-state index < -0.39 is 34.9 Å². The van der Waals surface area contributed by atoms with E-state index in [0.717, 1.165) is 16.0 Å². The van der Waals surface area contributed by atoms with Crippen molar-refractivity contribution in [3.8, 4) is 39.2 Å². The van der Waals surface area contributed by atoms with Gasteiger partial charge in [-0.25, -0.2) is 29.1 Å². The van der Waals surface area contributed by atoms with E-state index in [2.05, 4.69) is 30.9 Å². The lowest BCUT2D eigenvalue weighted by molar-refractivity contribution is -0.151. The number of aryl methyl sites for hydroxylation is 1. The van der Waals surface area contributed by atoms with Gasteiger partial charge in [-0.1, -0.05) is 66.7 Å². The number of thiophene rings is 1. The fraction of sp³-hybridized carbons (Fsp3) is 0.239. The summed E-state index contributed by atoms with van der Waals surface area (Å²) in [6.07, 6.45) is 1.14. The van der Waals surface area contributed by atoms with Crippen LogP contribution in [0.5, 0.6) is 17.4 Å². The van der Waals surface area contributed by atoms with Crippen molar-refractivity contribution in [2.75, 3.05) is 20.3 Å². The zero-order valence-corrected chi connectivity index (χ0v) is 37.4. The molecular weight excluding hydrogens is 916 g/mol. The zero-order chi connectivity index (χ0) is 44.3. The summed E-state index contributed by atoms with van der Waals surface area (Å²) in [6.45, 7) is 1.41. The molecule has 0 aliphatic heterocycles. The lowest BCUT2D eigenvalue weighted by atomic mass is 10.00. The van der Waals surface area contributed by atoms with Crippen molar-refractivity contribution in [1.29, 1.82) is 0 Å². The first-order valence-electron chi connectivity index (χ1n) is 19.8. The molecule has 0 fully saturated rings. The Morgan fingerprint density at radius 2 is 1.70 bits per heavy atom. The van der Waals surface area contributed by atoms with E-state index in [1.54, 1.807) is 74.8 Å². The Hall–Kier alpha value is -5.85. The highest BCUT2D eigenvalue weighted by atomic mass is 79.9. The minimum Gasteiger partial charge on any atom is -0.496 e. The minimum atomic E-state index is -3.93. The van der Waals surface area contributed by atoms with Crippen LogP contribution in [0.2, 0.25) is 0 Å². The second-order valence-electron chi connectivity index (χ2n) is 14.1. The molecule has 63 heavy (non-hydrogen) atoms. The first-order valence-corrected chi connectivity index (χ1v) is 23.0. The van der Waals surface area contributed by atoms with E-state index in [9.17, 15) is 22.7 Å². The number of carbonyl (C=O) groups is 1. The molecular formula is C46H42BrFN4O9S2. The smallest absolute Gasteiger partial charge is 0.347 e. The topological polar surface area (TPSA) is 169 Å². The van der Waals surface area contributed by atoms with Crippen molar-refractivity contribution in [2.24, 2.45) is 0 Å². The van der Waals surface area contributed by atoms with Crippen molar-refractivity contribution in [3.63, 3.8) is 0 Å². The SMILES string of the molecule is CCOC(=O)[C@@H](Cc1cc(CC[C@H](O)COS(=O)(=O)Cc2ccccc2)ccc1OCc1ccnc(-c2ccccc2OC)n1)Oc1ncnc2sc(-c3ccc(F)cc3)c(Br)c12. The Labute approximate surface area is 376 Å². The van der Waals surface area contributed by atoms with Crippen LogP contribution in [-0.4, -0.2) is 72.0 Å². The molecule has 0 aliphatic rings. The summed E-state index contributed by atoms with van der Waals surface area (Å²) in [5.41, 5.74) is 3.95. The number of aliphatic hydroxyl groups excluding tert-OH is 1. The van der Waals surface area contributed by atoms with Gasteiger partial charge in [-0.05, 0) is 94.3 Å². The van der Waals surface area contributed by atoms with Crippen LogP contribution in [0.4, 0.5) is 4.39 Å². The molecule has 17 heteroatoms. The molecule has 7 aromatic rings. The van der Waals surface area contributed by atoms with Crippen molar-refractivity contribution in [1.82, 2.24) is 19.9 Å². The fourth-order valence-corrected chi connectivity index (χ4v) is 9.63. The third-order valence-corrected chi connectivity index (χ3v) is 13.0. The normalized spacial score (nSPS) is 12.5. The summed E-state index contributed by atoms with van der Waals surface area (Å²) in [5.74, 6) is 0.295. The second kappa shape index (κ2) is 21.0. The number of para-hydroxylation sites is 1. The molecule has 0 saturated heterocycles. The maximum Gasteiger partial charge on any atom is 0.347 e. The molecule has 0 amide bonds. The van der Waals surface area contributed by atoms with Gasteiger partial charge in [0.1, 0.15) is 40.8 Å². The first-order chi connectivity index (χ1) is 30.5. The third-order valence-electron chi connectivity index (χ3n) is 9.66. The number of ether oxygens (including phenoxy) is 4. The van der Waals surface area contributed by atoms with Gasteiger partial charge in [0.05, 0.1) is 52.4 Å². The van der Waals surface area contributed by atoms with E-state index in [1.807, 2.05) is 36.4 Å². The molecule has 0 unspecified atom stereocenters. The van der Waals surface area contributed by atoms with Gasteiger partial charge in [-0.3, -0.25) is 4.18 Å². The number of nitrogens with zero attached hydrogens (tertiary/aromatic N) is 4. The van der Waals surface area contributed by atoms with Gasteiger partial charge in [0.25, 0.3) is 10.1 Å². The zero-order valence-electron chi connectivity index (χ0n) is 34.1. The Morgan fingerprint density at radius 1 is 0.921 bits per heavy atom. The molecule has 2 atom stereocenters. The van der Waals surface area contributed by atoms with Crippen molar-refractivity contribution in [3.05, 3.63) is 148 Å². The molecule has 3 aromatic heterocycles. The lowest BCUT2D eigenvalue weighted by Crippen LogP contribution is -2.32. The monoisotopic (exact) mass is 956 g/mol. The molecule has 4 aromatic carbocycles. The number of carbonyl (C=O) groups excluding carboxylic acids is 1. The highest BCUT2D eigenvalue weighted by Crippen LogP contribution is 2.44. The molecule has 326 valence electrons. The maximum atomic E-state index is 13.8. The number of aliphatic hydroxyl groups is 1. The van der Waals surface area contributed by atoms with Crippen LogP contribution in [0.1, 0.15) is 35.7 Å². The molecule has 1 N–H and O–H groups in total. The highest BCUT2D eigenvalue weighted by Gasteiger charge is 2.28. The van der Waals surface area contributed by atoms with Crippen LogP contribution in [0.3, 0.4) is 0 Å². The second-order valence-corrected chi connectivity index (χ2v) is 17.6. The van der Waals surface area contributed by atoms with Gasteiger partial charge in [-0.15, -0.1) is 11.3 Å². The van der Waals surface area contributed by atoms with Crippen LogP contribution in [0.15, 0.2) is 120 Å². The average molecular weight is 958 g/mol. The number of hydrogen-bond acceptors (Lipinski definition) is 14. The number of rotatable bonds is 20. The fourth-order valence-electron chi connectivity index (χ4n) is 6.59. The van der Waals surface area contributed by atoms with E-state index in [4.69, 9.17) is 28.1 Å². The van der Waals surface area contributed by atoms with Crippen LogP contribution in [0, 0.1) is 5.82 Å². The minimum absolute atomic E-state index is 0.0281. The van der Waals surface area contributed by atoms with E-state index >= 15 is 0 Å². The molecule has 0 radical (unpaired) electrons. The molecule has 3 heterocycles. The molecule has 0 spiro atoms. The summed E-state index contributed by atoms with van der Waals surface area (Å²) in [4.78, 5) is 33.1. The number of methoxy groups -OCH3 is 1. The molecule has 0 aliphatic carbocycles. The molecule has 0 saturated carbocycles. The Morgan fingerprint density at radius 3 is 2.48 bits per heavy atom. The van der Waals surface area contributed by atoms with Crippen LogP contribution >= 0.6 is 27.3 Å². The number of benzene rings is 4. The summed E-state index contributed by atoms with van der Waals surface area (Å²) in [6, 6.07) is 29.3. The Bertz CT molecular complexity index is 2780. The molecule has 7 rings (SSSR count). The van der Waals surface area contributed by atoms with Gasteiger partial charge in [-0.2, -0.15) is 8.42 Å². The van der Waals surface area contributed by atoms with Gasteiger partial charge in [0.2, 0.25) is 12.0 Å². The average Bonchev–Trinajstić information content (AvgIpc) is 3.64. The van der Waals surface area contributed by atoms with Crippen molar-refractivity contribution < 1.29 is 45.8 Å². The largest absolute Gasteiger partial charge is 0.496 e. The molecule has 0 bridgehead atoms. The van der Waals surface area contributed by atoms with Gasteiger partial charge < -0.3 is 24.1 Å². The Balaban J connectivity index is 1.15. The van der Waals surface area contributed by atoms with Crippen molar-refractivity contribution >= 4 is 53.6 Å². The van der Waals surface area contributed by atoms with Gasteiger partial charge >= 0.3 is 5.97 Å². The third kappa shape index (κ3) is 11.8. The molecule has 13 nitrogen and oxygen atoms in total. The number of halogens is 2. The predicted molar refractivity (Wildman–Crippen MR) is 239 cm³/mol. The predicted octanol–water partition coefficient (Wildman–Crippen LogP) is 8.70. The van der Waals surface area contributed by atoms with E-state index in [0.29, 0.717) is 60.8 Å². The maximum absolute atomic E-state index is 13.8. The van der Waals surface area contributed by atoms with Crippen LogP contribution < -0.4 is 14.2 Å². The summed E-state index contributed by atoms with van der Waals surface area (Å²) in [5, 5.41) is 11.3. The highest BCUT2D eigenvalue weighted by molar-refractivity contribution is 9.10. The summed E-state index contributed by atoms with van der Waals surface area (Å²) < 4.78 is 68.7. The number of aromatic nitrogens is 4. The quantitative estimate of drug-likeness (QED) is 0.0570. The van der Waals surface area contributed by atoms with Crippen LogP contribution in [-0.2, 0) is 49.0 Å². The standard InChI is InChI=1S/C46H42BrFN4O9S2/c1-3-58-46(54)39(61-44-40-41(47)42(62-45(40)51-28-50-44)31-15-17-33(48)18-16-31)24-32-23-29(13-19-35(53)26-60-63(55,56)27-30-9-5-4-6-10-30)14-20-37(32)59-25-34-21-22-49-43(52-34)36-11-7-8-12-38(36)57-2/h4-12,14-18,20-23,28,35,39,53H,3,13,19,24-27H2,1-2H3/t35-,39+/m0/s1. The lowest BCUT2D eigenvalue weighted by Gasteiger charge is -2.20. The summed E-state index contributed by atoms with van der Waals surface area (Å²) >= 11 is 5.03.